The summed E-state index contributed by atoms with van der Waals surface area (Å²) in [6.45, 7) is 6.04. The van der Waals surface area contributed by atoms with Crippen molar-refractivity contribution in [2.75, 3.05) is 26.4 Å². The SMILES string of the molecule is CCOC(=O)C(C)COC1CCOCC1. The van der Waals surface area contributed by atoms with Gasteiger partial charge in [0.2, 0.25) is 0 Å². The Morgan fingerprint density at radius 1 is 1.47 bits per heavy atom. The van der Waals surface area contributed by atoms with Gasteiger partial charge < -0.3 is 14.2 Å². The van der Waals surface area contributed by atoms with E-state index < -0.39 is 0 Å². The van der Waals surface area contributed by atoms with Crippen LogP contribution < -0.4 is 0 Å². The summed E-state index contributed by atoms with van der Waals surface area (Å²) in [7, 11) is 0. The second-order valence-corrected chi connectivity index (χ2v) is 3.80. The summed E-state index contributed by atoms with van der Waals surface area (Å²) < 4.78 is 15.8. The molecule has 1 heterocycles. The van der Waals surface area contributed by atoms with Crippen LogP contribution in [-0.2, 0) is 19.0 Å². The van der Waals surface area contributed by atoms with Gasteiger partial charge in [0.25, 0.3) is 0 Å². The average molecular weight is 216 g/mol. The minimum absolute atomic E-state index is 0.173. The lowest BCUT2D eigenvalue weighted by Crippen LogP contribution is -2.28. The molecule has 88 valence electrons. The third kappa shape index (κ3) is 4.62. The highest BCUT2D eigenvalue weighted by atomic mass is 16.5. The van der Waals surface area contributed by atoms with Crippen molar-refractivity contribution in [1.82, 2.24) is 0 Å². The first kappa shape index (κ1) is 12.5. The van der Waals surface area contributed by atoms with E-state index >= 15 is 0 Å². The van der Waals surface area contributed by atoms with E-state index in [-0.39, 0.29) is 18.0 Å². The smallest absolute Gasteiger partial charge is 0.310 e. The number of hydrogen-bond acceptors (Lipinski definition) is 4. The first-order valence-electron chi connectivity index (χ1n) is 5.60. The normalized spacial score (nSPS) is 19.9. The summed E-state index contributed by atoms with van der Waals surface area (Å²) in [5, 5.41) is 0. The molecule has 1 fully saturated rings. The molecule has 0 aliphatic carbocycles. The molecule has 0 aromatic heterocycles. The van der Waals surface area contributed by atoms with Crippen LogP contribution in [0.1, 0.15) is 26.7 Å². The van der Waals surface area contributed by atoms with Crippen molar-refractivity contribution < 1.29 is 19.0 Å². The predicted molar refractivity (Wildman–Crippen MR) is 55.6 cm³/mol. The quantitative estimate of drug-likeness (QED) is 0.651. The van der Waals surface area contributed by atoms with Crippen molar-refractivity contribution in [1.29, 1.82) is 0 Å². The van der Waals surface area contributed by atoms with E-state index in [1.54, 1.807) is 0 Å². The monoisotopic (exact) mass is 216 g/mol. The summed E-state index contributed by atoms with van der Waals surface area (Å²) in [5.74, 6) is -0.350. The van der Waals surface area contributed by atoms with Crippen LogP contribution >= 0.6 is 0 Å². The summed E-state index contributed by atoms with van der Waals surface area (Å²) in [6, 6.07) is 0. The largest absolute Gasteiger partial charge is 0.466 e. The minimum Gasteiger partial charge on any atom is -0.466 e. The molecule has 0 bridgehead atoms. The molecule has 1 aliphatic rings. The van der Waals surface area contributed by atoms with Crippen molar-refractivity contribution in [3.05, 3.63) is 0 Å². The Morgan fingerprint density at radius 2 is 2.13 bits per heavy atom. The maximum Gasteiger partial charge on any atom is 0.310 e. The van der Waals surface area contributed by atoms with Crippen molar-refractivity contribution in [2.24, 2.45) is 5.92 Å². The van der Waals surface area contributed by atoms with E-state index in [4.69, 9.17) is 14.2 Å². The summed E-state index contributed by atoms with van der Waals surface area (Å²) in [6.07, 6.45) is 2.10. The van der Waals surface area contributed by atoms with E-state index in [1.165, 1.54) is 0 Å². The van der Waals surface area contributed by atoms with Crippen LogP contribution in [0.5, 0.6) is 0 Å². The molecular formula is C11H20O4. The summed E-state index contributed by atoms with van der Waals surface area (Å²) >= 11 is 0. The van der Waals surface area contributed by atoms with Gasteiger partial charge in [0.1, 0.15) is 0 Å². The Hall–Kier alpha value is -0.610. The van der Waals surface area contributed by atoms with Gasteiger partial charge in [0.15, 0.2) is 0 Å². The number of carbonyl (C=O) groups excluding carboxylic acids is 1. The number of ether oxygens (including phenoxy) is 3. The molecule has 4 nitrogen and oxygen atoms in total. The molecule has 15 heavy (non-hydrogen) atoms. The van der Waals surface area contributed by atoms with Crippen LogP contribution in [0.3, 0.4) is 0 Å². The van der Waals surface area contributed by atoms with Crippen LogP contribution in [0, 0.1) is 5.92 Å². The van der Waals surface area contributed by atoms with Crippen LogP contribution in [-0.4, -0.2) is 38.5 Å². The predicted octanol–water partition coefficient (Wildman–Crippen LogP) is 1.38. The van der Waals surface area contributed by atoms with Gasteiger partial charge in [-0.05, 0) is 26.7 Å². The van der Waals surface area contributed by atoms with E-state index in [2.05, 4.69) is 0 Å². The molecule has 0 amide bonds. The molecule has 0 spiro atoms. The zero-order valence-electron chi connectivity index (χ0n) is 9.53. The molecule has 1 saturated heterocycles. The first-order valence-corrected chi connectivity index (χ1v) is 5.60. The Labute approximate surface area is 90.9 Å². The third-order valence-electron chi connectivity index (χ3n) is 2.44. The molecule has 0 aromatic rings. The fourth-order valence-electron chi connectivity index (χ4n) is 1.48. The lowest BCUT2D eigenvalue weighted by molar-refractivity contribution is -0.150. The highest BCUT2D eigenvalue weighted by Gasteiger charge is 2.19. The third-order valence-corrected chi connectivity index (χ3v) is 2.44. The fourth-order valence-corrected chi connectivity index (χ4v) is 1.48. The van der Waals surface area contributed by atoms with Crippen LogP contribution in [0.2, 0.25) is 0 Å². The Balaban J connectivity index is 2.14. The molecule has 1 rings (SSSR count). The van der Waals surface area contributed by atoms with Gasteiger partial charge in [0, 0.05) is 13.2 Å². The first-order chi connectivity index (χ1) is 7.24. The average Bonchev–Trinajstić information content (AvgIpc) is 2.27. The molecule has 1 atom stereocenters. The van der Waals surface area contributed by atoms with E-state index in [0.717, 1.165) is 26.1 Å². The van der Waals surface area contributed by atoms with Crippen LogP contribution in [0.15, 0.2) is 0 Å². The van der Waals surface area contributed by atoms with Crippen LogP contribution in [0.25, 0.3) is 0 Å². The van der Waals surface area contributed by atoms with Crippen molar-refractivity contribution in [3.8, 4) is 0 Å². The highest BCUT2D eigenvalue weighted by Crippen LogP contribution is 2.12. The highest BCUT2D eigenvalue weighted by molar-refractivity contribution is 5.72. The topological polar surface area (TPSA) is 44.8 Å². The molecular weight excluding hydrogens is 196 g/mol. The fraction of sp³-hybridized carbons (Fsp3) is 0.909. The van der Waals surface area contributed by atoms with Crippen molar-refractivity contribution >= 4 is 5.97 Å². The molecule has 0 aromatic carbocycles. The van der Waals surface area contributed by atoms with Gasteiger partial charge in [-0.1, -0.05) is 0 Å². The molecule has 0 saturated carbocycles. The van der Waals surface area contributed by atoms with Gasteiger partial charge >= 0.3 is 5.97 Å². The number of esters is 1. The Kier molecular flexibility index (Phi) is 5.65. The minimum atomic E-state index is -0.176. The molecule has 1 unspecified atom stereocenters. The van der Waals surface area contributed by atoms with Gasteiger partial charge in [-0.15, -0.1) is 0 Å². The summed E-state index contributed by atoms with van der Waals surface area (Å²) in [4.78, 5) is 11.3. The second kappa shape index (κ2) is 6.80. The summed E-state index contributed by atoms with van der Waals surface area (Å²) in [5.41, 5.74) is 0. The van der Waals surface area contributed by atoms with Gasteiger partial charge in [-0.3, -0.25) is 4.79 Å². The van der Waals surface area contributed by atoms with Crippen molar-refractivity contribution in [2.45, 2.75) is 32.8 Å². The van der Waals surface area contributed by atoms with Gasteiger partial charge in [-0.25, -0.2) is 0 Å². The van der Waals surface area contributed by atoms with E-state index in [0.29, 0.717) is 13.2 Å². The molecule has 0 radical (unpaired) electrons. The Bertz CT molecular complexity index is 187. The van der Waals surface area contributed by atoms with Crippen molar-refractivity contribution in [3.63, 3.8) is 0 Å². The van der Waals surface area contributed by atoms with Gasteiger partial charge in [-0.2, -0.15) is 0 Å². The maximum atomic E-state index is 11.3. The lowest BCUT2D eigenvalue weighted by atomic mass is 10.1. The lowest BCUT2D eigenvalue weighted by Gasteiger charge is -2.23. The molecule has 1 aliphatic heterocycles. The zero-order chi connectivity index (χ0) is 11.1. The maximum absolute atomic E-state index is 11.3. The standard InChI is InChI=1S/C11H20O4/c1-3-14-11(12)9(2)8-15-10-4-6-13-7-5-10/h9-10H,3-8H2,1-2H3. The molecule has 0 N–H and O–H groups in total. The van der Waals surface area contributed by atoms with E-state index in [1.807, 2.05) is 13.8 Å². The van der Waals surface area contributed by atoms with E-state index in [9.17, 15) is 4.79 Å². The van der Waals surface area contributed by atoms with Crippen LogP contribution in [0.4, 0.5) is 0 Å². The second-order valence-electron chi connectivity index (χ2n) is 3.80. The molecule has 4 heteroatoms. The van der Waals surface area contributed by atoms with Gasteiger partial charge in [0.05, 0.1) is 25.2 Å². The number of rotatable bonds is 5. The zero-order valence-corrected chi connectivity index (χ0v) is 9.53. The number of carbonyl (C=O) groups is 1. The Morgan fingerprint density at radius 3 is 2.73 bits per heavy atom. The number of hydrogen-bond donors (Lipinski definition) is 0.